The maximum atomic E-state index is 12.1. The molecule has 8 heteroatoms. The first kappa shape index (κ1) is 17.0. The van der Waals surface area contributed by atoms with Crippen molar-refractivity contribution < 1.29 is 22.7 Å². The second-order valence-electron chi connectivity index (χ2n) is 4.46. The molecule has 0 aliphatic carbocycles. The first-order valence-electron chi connectivity index (χ1n) is 6.47. The Balaban J connectivity index is 1.92. The average Bonchev–Trinajstić information content (AvgIpc) is 2.46. The Labute approximate surface area is 135 Å². The monoisotopic (exact) mass is 344 g/mol. The number of carbonyl (C=O) groups is 1. The number of hydrogen-bond acceptors (Lipinski definition) is 3. The maximum Gasteiger partial charge on any atom is 0.573 e. The Morgan fingerprint density at radius 2 is 1.87 bits per heavy atom. The molecular weight excluding hydrogens is 333 g/mol. The molecule has 0 spiro atoms. The number of para-hydroxylation sites is 1. The second-order valence-corrected chi connectivity index (χ2v) is 4.86. The SMILES string of the molecule is O=C(CNc1cccc(OC(F)(F)F)c1)Nc1ccccc1Cl. The lowest BCUT2D eigenvalue weighted by Gasteiger charge is -2.11. The van der Waals surface area contributed by atoms with Gasteiger partial charge in [0.2, 0.25) is 5.91 Å². The molecular formula is C15H12ClF3N2O2. The van der Waals surface area contributed by atoms with Gasteiger partial charge in [-0.3, -0.25) is 4.79 Å². The van der Waals surface area contributed by atoms with Crippen molar-refractivity contribution in [1.82, 2.24) is 0 Å². The summed E-state index contributed by atoms with van der Waals surface area (Å²) in [5.41, 5.74) is 0.774. The number of hydrogen-bond donors (Lipinski definition) is 2. The molecule has 0 saturated heterocycles. The van der Waals surface area contributed by atoms with Gasteiger partial charge in [0, 0.05) is 11.8 Å². The van der Waals surface area contributed by atoms with Crippen molar-refractivity contribution >= 4 is 28.9 Å². The lowest BCUT2D eigenvalue weighted by molar-refractivity contribution is -0.274. The number of alkyl halides is 3. The van der Waals surface area contributed by atoms with E-state index in [-0.39, 0.29) is 18.2 Å². The summed E-state index contributed by atoms with van der Waals surface area (Å²) in [6, 6.07) is 11.9. The van der Waals surface area contributed by atoms with Crippen LogP contribution in [0.15, 0.2) is 48.5 Å². The fourth-order valence-electron chi connectivity index (χ4n) is 1.74. The Morgan fingerprint density at radius 1 is 1.13 bits per heavy atom. The summed E-state index contributed by atoms with van der Waals surface area (Å²) in [5.74, 6) is -0.755. The molecule has 0 aromatic heterocycles. The summed E-state index contributed by atoms with van der Waals surface area (Å²) < 4.78 is 40.2. The van der Waals surface area contributed by atoms with E-state index in [0.717, 1.165) is 6.07 Å². The number of amides is 1. The third kappa shape index (κ3) is 5.71. The van der Waals surface area contributed by atoms with Crippen molar-refractivity contribution in [1.29, 1.82) is 0 Å². The van der Waals surface area contributed by atoms with Crippen LogP contribution in [0.2, 0.25) is 5.02 Å². The highest BCUT2D eigenvalue weighted by atomic mass is 35.5. The van der Waals surface area contributed by atoms with Crippen LogP contribution in [-0.4, -0.2) is 18.8 Å². The zero-order valence-electron chi connectivity index (χ0n) is 11.7. The van der Waals surface area contributed by atoms with Gasteiger partial charge in [-0.05, 0) is 24.3 Å². The largest absolute Gasteiger partial charge is 0.573 e. The predicted octanol–water partition coefficient (Wildman–Crippen LogP) is 4.29. The van der Waals surface area contributed by atoms with Gasteiger partial charge in [0.05, 0.1) is 17.3 Å². The average molecular weight is 345 g/mol. The Morgan fingerprint density at radius 3 is 2.57 bits per heavy atom. The van der Waals surface area contributed by atoms with Crippen molar-refractivity contribution in [3.8, 4) is 5.75 Å². The van der Waals surface area contributed by atoms with Crippen molar-refractivity contribution in [2.75, 3.05) is 17.2 Å². The molecule has 0 radical (unpaired) electrons. The van der Waals surface area contributed by atoms with Gasteiger partial charge in [-0.15, -0.1) is 13.2 Å². The Kier molecular flexibility index (Phi) is 5.33. The lowest BCUT2D eigenvalue weighted by Crippen LogP contribution is -2.22. The number of halogens is 4. The van der Waals surface area contributed by atoms with Gasteiger partial charge in [-0.2, -0.15) is 0 Å². The van der Waals surface area contributed by atoms with Gasteiger partial charge < -0.3 is 15.4 Å². The summed E-state index contributed by atoms with van der Waals surface area (Å²) >= 11 is 5.91. The first-order chi connectivity index (χ1) is 10.8. The zero-order chi connectivity index (χ0) is 16.9. The normalized spacial score (nSPS) is 11.0. The number of anilines is 2. The zero-order valence-corrected chi connectivity index (χ0v) is 12.4. The highest BCUT2D eigenvalue weighted by Crippen LogP contribution is 2.25. The molecule has 2 N–H and O–H groups in total. The van der Waals surface area contributed by atoms with Crippen LogP contribution >= 0.6 is 11.6 Å². The van der Waals surface area contributed by atoms with E-state index < -0.39 is 6.36 Å². The topological polar surface area (TPSA) is 50.4 Å². The summed E-state index contributed by atoms with van der Waals surface area (Å²) in [7, 11) is 0. The van der Waals surface area contributed by atoms with Crippen LogP contribution in [0.3, 0.4) is 0 Å². The molecule has 23 heavy (non-hydrogen) atoms. The van der Waals surface area contributed by atoms with Gasteiger partial charge in [0.15, 0.2) is 0 Å². The minimum atomic E-state index is -4.76. The minimum Gasteiger partial charge on any atom is -0.406 e. The van der Waals surface area contributed by atoms with Crippen molar-refractivity contribution in [2.45, 2.75) is 6.36 Å². The van der Waals surface area contributed by atoms with Crippen LogP contribution in [0.1, 0.15) is 0 Å². The Bertz CT molecular complexity index is 692. The van der Waals surface area contributed by atoms with E-state index in [1.54, 1.807) is 24.3 Å². The van der Waals surface area contributed by atoms with Gasteiger partial charge in [0.25, 0.3) is 0 Å². The van der Waals surface area contributed by atoms with E-state index in [4.69, 9.17) is 11.6 Å². The molecule has 2 rings (SSSR count). The minimum absolute atomic E-state index is 0.138. The van der Waals surface area contributed by atoms with Gasteiger partial charge >= 0.3 is 6.36 Å². The number of nitrogens with one attached hydrogen (secondary N) is 2. The quantitative estimate of drug-likeness (QED) is 0.850. The molecule has 0 saturated carbocycles. The van der Waals surface area contributed by atoms with Crippen molar-refractivity contribution in [2.24, 2.45) is 0 Å². The standard InChI is InChI=1S/C15H12ClF3N2O2/c16-12-6-1-2-7-13(12)21-14(22)9-20-10-4-3-5-11(8-10)23-15(17,18)19/h1-8,20H,9H2,(H,21,22). The van der Waals surface area contributed by atoms with E-state index in [0.29, 0.717) is 16.4 Å². The summed E-state index contributed by atoms with van der Waals surface area (Å²) in [6.45, 7) is -0.138. The third-order valence-electron chi connectivity index (χ3n) is 2.67. The summed E-state index contributed by atoms with van der Waals surface area (Å²) in [4.78, 5) is 11.8. The number of rotatable bonds is 5. The molecule has 0 aliphatic rings. The van der Waals surface area contributed by atoms with E-state index in [1.807, 2.05) is 0 Å². The second kappa shape index (κ2) is 7.23. The van der Waals surface area contributed by atoms with Crippen LogP contribution in [0.4, 0.5) is 24.5 Å². The van der Waals surface area contributed by atoms with E-state index >= 15 is 0 Å². The molecule has 0 bridgehead atoms. The smallest absolute Gasteiger partial charge is 0.406 e. The van der Waals surface area contributed by atoms with Crippen molar-refractivity contribution in [3.05, 3.63) is 53.6 Å². The highest BCUT2D eigenvalue weighted by molar-refractivity contribution is 6.33. The number of benzene rings is 2. The molecule has 0 heterocycles. The predicted molar refractivity (Wildman–Crippen MR) is 81.7 cm³/mol. The molecule has 2 aromatic carbocycles. The molecule has 0 atom stereocenters. The van der Waals surface area contributed by atoms with Crippen LogP contribution in [-0.2, 0) is 4.79 Å². The lowest BCUT2D eigenvalue weighted by atomic mass is 10.3. The van der Waals surface area contributed by atoms with E-state index in [1.165, 1.54) is 18.2 Å². The third-order valence-corrected chi connectivity index (χ3v) is 3.00. The fourth-order valence-corrected chi connectivity index (χ4v) is 1.93. The summed E-state index contributed by atoms with van der Waals surface area (Å²) in [5, 5.41) is 5.69. The fraction of sp³-hybridized carbons (Fsp3) is 0.133. The molecule has 122 valence electrons. The number of carbonyl (C=O) groups excluding carboxylic acids is 1. The van der Waals surface area contributed by atoms with Crippen LogP contribution in [0, 0.1) is 0 Å². The van der Waals surface area contributed by atoms with Gasteiger partial charge in [-0.1, -0.05) is 29.8 Å². The maximum absolute atomic E-state index is 12.1. The number of ether oxygens (including phenoxy) is 1. The van der Waals surface area contributed by atoms with Crippen LogP contribution in [0.25, 0.3) is 0 Å². The molecule has 2 aromatic rings. The molecule has 0 fully saturated rings. The van der Waals surface area contributed by atoms with Crippen LogP contribution < -0.4 is 15.4 Å². The van der Waals surface area contributed by atoms with Crippen LogP contribution in [0.5, 0.6) is 5.75 Å². The van der Waals surface area contributed by atoms with Gasteiger partial charge in [0.1, 0.15) is 5.75 Å². The van der Waals surface area contributed by atoms with E-state index in [2.05, 4.69) is 15.4 Å². The van der Waals surface area contributed by atoms with Gasteiger partial charge in [-0.25, -0.2) is 0 Å². The highest BCUT2D eigenvalue weighted by Gasteiger charge is 2.31. The molecule has 0 aliphatic heterocycles. The molecule has 4 nitrogen and oxygen atoms in total. The van der Waals surface area contributed by atoms with E-state index in [9.17, 15) is 18.0 Å². The first-order valence-corrected chi connectivity index (χ1v) is 6.85. The summed E-state index contributed by atoms with van der Waals surface area (Å²) in [6.07, 6.45) is -4.76. The Hall–Kier alpha value is -2.41. The molecule has 0 unspecified atom stereocenters. The molecule has 1 amide bonds. The van der Waals surface area contributed by atoms with Crippen molar-refractivity contribution in [3.63, 3.8) is 0 Å².